The second kappa shape index (κ2) is 5.84. The van der Waals surface area contributed by atoms with Crippen molar-refractivity contribution in [1.29, 1.82) is 10.5 Å². The smallest absolute Gasteiger partial charge is 0.105 e. The highest BCUT2D eigenvalue weighted by Crippen LogP contribution is 2.79. The van der Waals surface area contributed by atoms with Gasteiger partial charge < -0.3 is 0 Å². The lowest BCUT2D eigenvalue weighted by atomic mass is 9.35. The van der Waals surface area contributed by atoms with Crippen LogP contribution in [-0.2, 0) is 0 Å². The van der Waals surface area contributed by atoms with Gasteiger partial charge in [-0.05, 0) is 36.0 Å². The zero-order valence-electron chi connectivity index (χ0n) is 16.8. The summed E-state index contributed by atoms with van der Waals surface area (Å²) in [4.78, 5) is 0. The summed E-state index contributed by atoms with van der Waals surface area (Å²) < 4.78 is 0. The quantitative estimate of drug-likeness (QED) is 0.577. The van der Waals surface area contributed by atoms with Gasteiger partial charge in [-0.2, -0.15) is 10.5 Å². The first-order chi connectivity index (χ1) is 14.7. The predicted molar refractivity (Wildman–Crippen MR) is 116 cm³/mol. The molecule has 2 nitrogen and oxygen atoms in total. The van der Waals surface area contributed by atoms with Gasteiger partial charge in [0.25, 0.3) is 0 Å². The van der Waals surface area contributed by atoms with Crippen LogP contribution in [0.5, 0.6) is 0 Å². The lowest BCUT2D eigenvalue weighted by molar-refractivity contribution is 0.0337. The number of allylic oxidation sites excluding steroid dienone is 6. The van der Waals surface area contributed by atoms with E-state index in [4.69, 9.17) is 0 Å². The van der Waals surface area contributed by atoms with Crippen molar-refractivity contribution in [2.24, 2.45) is 16.2 Å². The Balaban J connectivity index is 1.61. The highest BCUT2D eigenvalue weighted by Gasteiger charge is 2.73. The van der Waals surface area contributed by atoms with Gasteiger partial charge in [0.05, 0.1) is 17.6 Å². The van der Waals surface area contributed by atoms with Crippen molar-refractivity contribution in [1.82, 2.24) is 0 Å². The minimum absolute atomic E-state index is 0.107. The Kier molecular flexibility index (Phi) is 3.40. The molecule has 5 atom stereocenters. The van der Waals surface area contributed by atoms with E-state index in [9.17, 15) is 10.5 Å². The third-order valence-corrected chi connectivity index (χ3v) is 8.16. The standard InChI is InChI=1S/C28H22N2/c29-18-26-14-15-27(19-30)23(20-8-3-1-4-9-20)16-22-12-7-13-28(26,25(22)27)24(17-26)21-10-5-2-6-11-21/h1-11,13-15,23-24H,12,16-17H2/t23-,24-,26+,27-,28+/m0/s1. The summed E-state index contributed by atoms with van der Waals surface area (Å²) in [6.45, 7) is 0. The van der Waals surface area contributed by atoms with Crippen LogP contribution in [0.2, 0.25) is 0 Å². The first kappa shape index (κ1) is 17.5. The summed E-state index contributed by atoms with van der Waals surface area (Å²) in [5.74, 6) is 0.336. The maximum Gasteiger partial charge on any atom is 0.105 e. The van der Waals surface area contributed by atoms with E-state index in [1.165, 1.54) is 22.3 Å². The maximum atomic E-state index is 10.6. The second-order valence-electron chi connectivity index (χ2n) is 9.19. The molecule has 0 unspecified atom stereocenters. The van der Waals surface area contributed by atoms with Crippen LogP contribution in [0.4, 0.5) is 0 Å². The Labute approximate surface area is 177 Å². The van der Waals surface area contributed by atoms with E-state index in [0.717, 1.165) is 19.3 Å². The highest BCUT2D eigenvalue weighted by molar-refractivity contribution is 5.64. The molecule has 1 saturated carbocycles. The lowest BCUT2D eigenvalue weighted by Gasteiger charge is -2.65. The molecule has 0 N–H and O–H groups in total. The summed E-state index contributed by atoms with van der Waals surface area (Å²) in [7, 11) is 0. The molecule has 2 aromatic carbocycles. The highest BCUT2D eigenvalue weighted by atomic mass is 14.7. The van der Waals surface area contributed by atoms with Crippen molar-refractivity contribution in [2.75, 3.05) is 0 Å². The first-order valence-corrected chi connectivity index (χ1v) is 10.7. The fourth-order valence-electron chi connectivity index (χ4n) is 6.92. The fourth-order valence-corrected chi connectivity index (χ4v) is 6.92. The number of benzene rings is 2. The van der Waals surface area contributed by atoms with Crippen LogP contribution < -0.4 is 0 Å². The van der Waals surface area contributed by atoms with Crippen molar-refractivity contribution in [3.05, 3.63) is 107 Å². The van der Waals surface area contributed by atoms with Gasteiger partial charge in [-0.25, -0.2) is 0 Å². The molecule has 0 bridgehead atoms. The Bertz CT molecular complexity index is 1210. The number of hydrogen-bond acceptors (Lipinski definition) is 2. The zero-order valence-corrected chi connectivity index (χ0v) is 16.8. The average molecular weight is 386 g/mol. The summed E-state index contributed by atoms with van der Waals surface area (Å²) in [6, 6.07) is 26.5. The van der Waals surface area contributed by atoms with Gasteiger partial charge >= 0.3 is 0 Å². The molecule has 0 aliphatic heterocycles. The molecule has 1 fully saturated rings. The Morgan fingerprint density at radius 1 is 0.767 bits per heavy atom. The van der Waals surface area contributed by atoms with Crippen LogP contribution in [0.1, 0.15) is 42.2 Å². The number of rotatable bonds is 2. The molecule has 2 aromatic rings. The van der Waals surface area contributed by atoms with Gasteiger partial charge in [0.2, 0.25) is 0 Å². The van der Waals surface area contributed by atoms with Crippen LogP contribution >= 0.6 is 0 Å². The SMILES string of the molecule is N#C[C@]12C=C[C@]3(C#N)C[C@@H](c4ccccc4)[C@@]34C=CCC(=C14)C[C@H]2c1ccccc1. The minimum atomic E-state index is -0.671. The van der Waals surface area contributed by atoms with Gasteiger partial charge in [-0.15, -0.1) is 0 Å². The molecular formula is C28H22N2. The summed E-state index contributed by atoms with van der Waals surface area (Å²) in [5, 5.41) is 21.0. The minimum Gasteiger partial charge on any atom is -0.197 e. The Morgan fingerprint density at radius 2 is 1.43 bits per heavy atom. The van der Waals surface area contributed by atoms with Crippen LogP contribution in [-0.4, -0.2) is 0 Å². The van der Waals surface area contributed by atoms with Crippen molar-refractivity contribution in [3.8, 4) is 12.1 Å². The van der Waals surface area contributed by atoms with Gasteiger partial charge in [-0.3, -0.25) is 0 Å². The third-order valence-electron chi connectivity index (χ3n) is 8.16. The number of nitriles is 2. The zero-order chi connectivity index (χ0) is 20.4. The van der Waals surface area contributed by atoms with E-state index in [2.05, 4.69) is 85.0 Å². The molecule has 0 saturated heterocycles. The van der Waals surface area contributed by atoms with Crippen molar-refractivity contribution in [2.45, 2.75) is 31.1 Å². The molecule has 0 heterocycles. The van der Waals surface area contributed by atoms with Gasteiger partial charge in [-0.1, -0.05) is 90.5 Å². The second-order valence-corrected chi connectivity index (χ2v) is 9.19. The van der Waals surface area contributed by atoms with E-state index in [1.807, 2.05) is 12.1 Å². The molecule has 0 amide bonds. The van der Waals surface area contributed by atoms with Gasteiger partial charge in [0, 0.05) is 17.3 Å². The molecule has 4 aliphatic carbocycles. The summed E-state index contributed by atoms with van der Waals surface area (Å²) in [5.41, 5.74) is 3.45. The van der Waals surface area contributed by atoms with Crippen molar-refractivity contribution < 1.29 is 0 Å². The van der Waals surface area contributed by atoms with Crippen molar-refractivity contribution in [3.63, 3.8) is 0 Å². The largest absolute Gasteiger partial charge is 0.197 e. The van der Waals surface area contributed by atoms with E-state index in [1.54, 1.807) is 0 Å². The molecule has 2 heteroatoms. The van der Waals surface area contributed by atoms with Crippen LogP contribution in [0, 0.1) is 38.9 Å². The van der Waals surface area contributed by atoms with E-state index in [0.29, 0.717) is 0 Å². The summed E-state index contributed by atoms with van der Waals surface area (Å²) >= 11 is 0. The summed E-state index contributed by atoms with van der Waals surface area (Å²) in [6.07, 6.45) is 11.3. The third kappa shape index (κ3) is 1.83. The van der Waals surface area contributed by atoms with E-state index in [-0.39, 0.29) is 11.8 Å². The molecule has 4 aliphatic rings. The topological polar surface area (TPSA) is 47.6 Å². The Hall–Kier alpha value is -3.36. The fraction of sp³-hybridized carbons (Fsp3) is 0.286. The van der Waals surface area contributed by atoms with E-state index >= 15 is 0 Å². The molecule has 144 valence electrons. The van der Waals surface area contributed by atoms with Crippen LogP contribution in [0.3, 0.4) is 0 Å². The number of nitrogens with zero attached hydrogens (tertiary/aromatic N) is 2. The molecule has 6 rings (SSSR count). The van der Waals surface area contributed by atoms with E-state index < -0.39 is 16.2 Å². The molecular weight excluding hydrogens is 364 g/mol. The monoisotopic (exact) mass is 386 g/mol. The van der Waals surface area contributed by atoms with Crippen LogP contribution in [0.15, 0.2) is 96.1 Å². The van der Waals surface area contributed by atoms with Gasteiger partial charge in [0.1, 0.15) is 5.41 Å². The normalized spacial score (nSPS) is 37.5. The molecule has 1 spiro atoms. The maximum absolute atomic E-state index is 10.6. The number of hydrogen-bond donors (Lipinski definition) is 0. The van der Waals surface area contributed by atoms with Crippen molar-refractivity contribution >= 4 is 0 Å². The Morgan fingerprint density at radius 3 is 2.07 bits per heavy atom. The molecule has 30 heavy (non-hydrogen) atoms. The van der Waals surface area contributed by atoms with Crippen LogP contribution in [0.25, 0.3) is 0 Å². The molecule has 0 aromatic heterocycles. The molecule has 0 radical (unpaired) electrons. The average Bonchev–Trinajstić information content (AvgIpc) is 3.15. The predicted octanol–water partition coefficient (Wildman–Crippen LogP) is 6.19. The first-order valence-electron chi connectivity index (χ1n) is 10.7. The van der Waals surface area contributed by atoms with Gasteiger partial charge in [0.15, 0.2) is 0 Å². The lowest BCUT2D eigenvalue weighted by Crippen LogP contribution is -2.60.